The van der Waals surface area contributed by atoms with Gasteiger partial charge in [0.25, 0.3) is 0 Å². The Labute approximate surface area is 102 Å². The third-order valence-corrected chi connectivity index (χ3v) is 3.91. The van der Waals surface area contributed by atoms with Gasteiger partial charge in [-0.1, -0.05) is 25.0 Å². The second-order valence-electron chi connectivity index (χ2n) is 5.38. The summed E-state index contributed by atoms with van der Waals surface area (Å²) in [7, 11) is 2.08. The Morgan fingerprint density at radius 3 is 2.65 bits per heavy atom. The van der Waals surface area contributed by atoms with Crippen LogP contribution in [-0.2, 0) is 7.05 Å². The van der Waals surface area contributed by atoms with E-state index in [0.717, 1.165) is 11.5 Å². The molecule has 0 atom stereocenters. The molecule has 3 heteroatoms. The molecule has 3 rings (SSSR count). The molecule has 0 bridgehead atoms. The average Bonchev–Trinajstić information content (AvgIpc) is 2.86. The van der Waals surface area contributed by atoms with Gasteiger partial charge in [0.05, 0.1) is 11.0 Å². The summed E-state index contributed by atoms with van der Waals surface area (Å²) in [4.78, 5) is 4.67. The van der Waals surface area contributed by atoms with Crippen molar-refractivity contribution in [3.8, 4) is 0 Å². The van der Waals surface area contributed by atoms with Gasteiger partial charge in [-0.05, 0) is 31.9 Å². The van der Waals surface area contributed by atoms with Crippen LogP contribution in [0, 0.1) is 0 Å². The van der Waals surface area contributed by atoms with Crippen molar-refractivity contribution in [3.05, 3.63) is 24.3 Å². The molecule has 3 nitrogen and oxygen atoms in total. The molecule has 1 aliphatic rings. The quantitative estimate of drug-likeness (QED) is 0.856. The first-order valence-electron chi connectivity index (χ1n) is 6.38. The van der Waals surface area contributed by atoms with Crippen LogP contribution in [0.4, 0.5) is 5.95 Å². The van der Waals surface area contributed by atoms with E-state index in [9.17, 15) is 0 Å². The van der Waals surface area contributed by atoms with E-state index in [-0.39, 0.29) is 5.54 Å². The minimum Gasteiger partial charge on any atom is -0.350 e. The van der Waals surface area contributed by atoms with Crippen molar-refractivity contribution >= 4 is 17.0 Å². The Bertz CT molecular complexity index is 535. The van der Waals surface area contributed by atoms with Crippen molar-refractivity contribution in [2.75, 3.05) is 5.32 Å². The maximum atomic E-state index is 4.67. The van der Waals surface area contributed by atoms with Crippen molar-refractivity contribution in [1.82, 2.24) is 9.55 Å². The fourth-order valence-corrected chi connectivity index (χ4v) is 2.81. The number of hydrogen-bond donors (Lipinski definition) is 1. The average molecular weight is 229 g/mol. The van der Waals surface area contributed by atoms with Crippen LogP contribution < -0.4 is 5.32 Å². The van der Waals surface area contributed by atoms with E-state index < -0.39 is 0 Å². The highest BCUT2D eigenvalue weighted by Gasteiger charge is 2.29. The van der Waals surface area contributed by atoms with Crippen molar-refractivity contribution in [2.24, 2.45) is 7.05 Å². The predicted octanol–water partition coefficient (Wildman–Crippen LogP) is 3.32. The summed E-state index contributed by atoms with van der Waals surface area (Å²) in [5, 5.41) is 3.63. The topological polar surface area (TPSA) is 29.9 Å². The van der Waals surface area contributed by atoms with Crippen LogP contribution in [0.5, 0.6) is 0 Å². The molecule has 1 aromatic carbocycles. The lowest BCUT2D eigenvalue weighted by atomic mass is 10.0. The lowest BCUT2D eigenvalue weighted by Gasteiger charge is -2.25. The number of rotatable bonds is 2. The number of hydrogen-bond acceptors (Lipinski definition) is 2. The number of aromatic nitrogens is 2. The minimum atomic E-state index is 0.231. The normalized spacial score (nSPS) is 18.7. The molecule has 0 amide bonds. The van der Waals surface area contributed by atoms with Crippen LogP contribution >= 0.6 is 0 Å². The second kappa shape index (κ2) is 3.76. The van der Waals surface area contributed by atoms with E-state index in [1.54, 1.807) is 0 Å². The molecule has 1 fully saturated rings. The van der Waals surface area contributed by atoms with Crippen LogP contribution in [-0.4, -0.2) is 15.1 Å². The Balaban J connectivity index is 1.97. The first kappa shape index (κ1) is 10.6. The number of nitrogens with one attached hydrogen (secondary N) is 1. The number of imidazole rings is 1. The Morgan fingerprint density at radius 1 is 1.24 bits per heavy atom. The SMILES string of the molecule is Cn1c(NC2(C)CCCC2)nc2ccccc21. The molecule has 0 spiro atoms. The van der Waals surface area contributed by atoms with Crippen LogP contribution in [0.3, 0.4) is 0 Å². The summed E-state index contributed by atoms with van der Waals surface area (Å²) in [5.74, 6) is 0.996. The molecule has 0 aliphatic heterocycles. The Morgan fingerprint density at radius 2 is 1.94 bits per heavy atom. The zero-order chi connectivity index (χ0) is 11.9. The molecular formula is C14H19N3. The first-order chi connectivity index (χ1) is 8.18. The standard InChI is InChI=1S/C14H19N3/c1-14(9-5-6-10-14)16-13-15-11-7-3-4-8-12(11)17(13)2/h3-4,7-8H,5-6,9-10H2,1-2H3,(H,15,16). The number of para-hydroxylation sites is 2. The molecule has 1 aliphatic carbocycles. The number of nitrogens with zero attached hydrogens (tertiary/aromatic N) is 2. The number of benzene rings is 1. The highest BCUT2D eigenvalue weighted by molar-refractivity contribution is 5.78. The molecule has 1 N–H and O–H groups in total. The van der Waals surface area contributed by atoms with Gasteiger partial charge in [0.15, 0.2) is 0 Å². The zero-order valence-corrected chi connectivity index (χ0v) is 10.5. The molecule has 17 heavy (non-hydrogen) atoms. The second-order valence-corrected chi connectivity index (χ2v) is 5.38. The predicted molar refractivity (Wildman–Crippen MR) is 71.2 cm³/mol. The fourth-order valence-electron chi connectivity index (χ4n) is 2.81. The van der Waals surface area contributed by atoms with Crippen molar-refractivity contribution < 1.29 is 0 Å². The molecule has 1 aromatic heterocycles. The Kier molecular flexibility index (Phi) is 2.35. The highest BCUT2D eigenvalue weighted by atomic mass is 15.2. The van der Waals surface area contributed by atoms with E-state index in [0.29, 0.717) is 0 Å². The maximum absolute atomic E-state index is 4.67. The van der Waals surface area contributed by atoms with E-state index in [1.807, 2.05) is 6.07 Å². The molecular weight excluding hydrogens is 210 g/mol. The van der Waals surface area contributed by atoms with Gasteiger partial charge in [-0.2, -0.15) is 0 Å². The zero-order valence-electron chi connectivity index (χ0n) is 10.5. The van der Waals surface area contributed by atoms with Gasteiger partial charge in [0, 0.05) is 12.6 Å². The van der Waals surface area contributed by atoms with E-state index >= 15 is 0 Å². The van der Waals surface area contributed by atoms with Gasteiger partial charge < -0.3 is 9.88 Å². The van der Waals surface area contributed by atoms with Crippen LogP contribution in [0.1, 0.15) is 32.6 Å². The lowest BCUT2D eigenvalue weighted by molar-refractivity contribution is 0.526. The van der Waals surface area contributed by atoms with E-state index in [2.05, 4.69) is 47.0 Å². The molecule has 2 aromatic rings. The van der Waals surface area contributed by atoms with Crippen LogP contribution in [0.15, 0.2) is 24.3 Å². The summed E-state index contributed by atoms with van der Waals surface area (Å²) in [6, 6.07) is 8.28. The van der Waals surface area contributed by atoms with Crippen LogP contribution in [0.2, 0.25) is 0 Å². The van der Waals surface area contributed by atoms with Gasteiger partial charge in [-0.15, -0.1) is 0 Å². The summed E-state index contributed by atoms with van der Waals surface area (Å²) >= 11 is 0. The smallest absolute Gasteiger partial charge is 0.204 e. The fraction of sp³-hybridized carbons (Fsp3) is 0.500. The van der Waals surface area contributed by atoms with Gasteiger partial charge >= 0.3 is 0 Å². The highest BCUT2D eigenvalue weighted by Crippen LogP contribution is 2.32. The molecule has 1 saturated carbocycles. The van der Waals surface area contributed by atoms with Gasteiger partial charge in [0.2, 0.25) is 5.95 Å². The summed E-state index contributed by atoms with van der Waals surface area (Å²) in [6.45, 7) is 2.30. The van der Waals surface area contributed by atoms with Crippen LogP contribution in [0.25, 0.3) is 11.0 Å². The number of anilines is 1. The monoisotopic (exact) mass is 229 g/mol. The van der Waals surface area contributed by atoms with Crippen molar-refractivity contribution in [1.29, 1.82) is 0 Å². The maximum Gasteiger partial charge on any atom is 0.204 e. The summed E-state index contributed by atoms with van der Waals surface area (Å²) in [6.07, 6.45) is 5.15. The molecule has 0 unspecified atom stereocenters. The number of fused-ring (bicyclic) bond motifs is 1. The third-order valence-electron chi connectivity index (χ3n) is 3.91. The minimum absolute atomic E-state index is 0.231. The van der Waals surface area contributed by atoms with E-state index in [4.69, 9.17) is 0 Å². The number of aryl methyl sites for hydroxylation is 1. The van der Waals surface area contributed by atoms with Crippen molar-refractivity contribution in [3.63, 3.8) is 0 Å². The summed E-state index contributed by atoms with van der Waals surface area (Å²) < 4.78 is 2.15. The van der Waals surface area contributed by atoms with Gasteiger partial charge in [0.1, 0.15) is 0 Å². The molecule has 0 radical (unpaired) electrons. The van der Waals surface area contributed by atoms with Gasteiger partial charge in [-0.3, -0.25) is 0 Å². The van der Waals surface area contributed by atoms with Gasteiger partial charge in [-0.25, -0.2) is 4.98 Å². The lowest BCUT2D eigenvalue weighted by Crippen LogP contribution is -2.32. The molecule has 90 valence electrons. The molecule has 1 heterocycles. The summed E-state index contributed by atoms with van der Waals surface area (Å²) in [5.41, 5.74) is 2.49. The van der Waals surface area contributed by atoms with E-state index in [1.165, 1.54) is 31.2 Å². The van der Waals surface area contributed by atoms with Crippen molar-refractivity contribution in [2.45, 2.75) is 38.1 Å². The third kappa shape index (κ3) is 1.79. The first-order valence-corrected chi connectivity index (χ1v) is 6.38. The largest absolute Gasteiger partial charge is 0.350 e. The Hall–Kier alpha value is -1.51. The molecule has 0 saturated heterocycles.